The number of rotatable bonds is 3. The second-order valence-electron chi connectivity index (χ2n) is 5.29. The molecule has 0 saturated heterocycles. The highest BCUT2D eigenvalue weighted by molar-refractivity contribution is 7.79. The third-order valence-electron chi connectivity index (χ3n) is 3.97. The highest BCUT2D eigenvalue weighted by Gasteiger charge is 2.39. The fourth-order valence-corrected chi connectivity index (χ4v) is 6.12. The van der Waals surface area contributed by atoms with Gasteiger partial charge in [0.05, 0.1) is 18.4 Å². The summed E-state index contributed by atoms with van der Waals surface area (Å²) in [5.74, 6) is 0. The van der Waals surface area contributed by atoms with Gasteiger partial charge in [-0.05, 0) is 6.92 Å². The molecule has 0 aromatic heterocycles. The smallest absolute Gasteiger partial charge is 0.152 e. The first-order valence-corrected chi connectivity index (χ1v) is 9.00. The molecule has 1 aliphatic heterocycles. The zero-order valence-electron chi connectivity index (χ0n) is 12.1. The van der Waals surface area contributed by atoms with Crippen molar-refractivity contribution < 1.29 is 9.30 Å². The molecular weight excluding hydrogens is 279 g/mol. The quantitative estimate of drug-likeness (QED) is 0.641. The Morgan fingerprint density at radius 3 is 1.95 bits per heavy atom. The summed E-state index contributed by atoms with van der Waals surface area (Å²) in [6.07, 6.45) is 3.99. The van der Waals surface area contributed by atoms with E-state index in [0.29, 0.717) is 6.61 Å². The molecule has 108 valence electrons. The van der Waals surface area contributed by atoms with Gasteiger partial charge in [0.25, 0.3) is 0 Å². The molecule has 0 amide bonds. The number of hydrogen-bond acceptors (Lipinski definition) is 2. The van der Waals surface area contributed by atoms with Crippen molar-refractivity contribution >= 4 is 17.8 Å². The van der Waals surface area contributed by atoms with Crippen LogP contribution in [0.4, 0.5) is 0 Å². The van der Waals surface area contributed by atoms with E-state index in [4.69, 9.17) is 4.74 Å². The second kappa shape index (κ2) is 6.01. The van der Waals surface area contributed by atoms with E-state index in [0.717, 1.165) is 10.6 Å². The zero-order valence-corrected chi connectivity index (χ0v) is 12.9. The van der Waals surface area contributed by atoms with Crippen LogP contribution in [0.3, 0.4) is 0 Å². The molecule has 2 aromatic carbocycles. The highest BCUT2D eigenvalue weighted by Crippen LogP contribution is 2.51. The maximum Gasteiger partial charge on any atom is 0.152 e. The Balaban J connectivity index is 2.18. The lowest BCUT2D eigenvalue weighted by Crippen LogP contribution is -2.35. The molecule has 0 bridgehead atoms. The van der Waals surface area contributed by atoms with Gasteiger partial charge in [0.15, 0.2) is 7.14 Å². The predicted octanol–water partition coefficient (Wildman–Crippen LogP) is 3.34. The van der Waals surface area contributed by atoms with Crippen molar-refractivity contribution in [2.24, 2.45) is 0 Å². The average molecular weight is 298 g/mol. The molecule has 1 heterocycles. The second-order valence-corrected chi connectivity index (χ2v) is 8.23. The van der Waals surface area contributed by atoms with E-state index >= 15 is 0 Å². The van der Waals surface area contributed by atoms with Gasteiger partial charge in [0.2, 0.25) is 0 Å². The molecule has 21 heavy (non-hydrogen) atoms. The minimum absolute atomic E-state index is 0.0544. The van der Waals surface area contributed by atoms with Gasteiger partial charge >= 0.3 is 0 Å². The van der Waals surface area contributed by atoms with Crippen LogP contribution in [0.25, 0.3) is 0 Å². The molecule has 0 unspecified atom stereocenters. The summed E-state index contributed by atoms with van der Waals surface area (Å²) in [5, 5.41) is 1.78. The van der Waals surface area contributed by atoms with Gasteiger partial charge in [-0.25, -0.2) is 0 Å². The standard InChI is InChI=1S/C18H19O2P/c1-15-18(13-8-14-20-15)21(19,16-9-4-2-5-10-16)17-11-6-3-7-12-17/h2-13,15,18H,14H2,1H3/t15-,18+/m0/s1. The molecule has 0 saturated carbocycles. The molecule has 0 spiro atoms. The molecule has 3 heteroatoms. The Hall–Kier alpha value is -1.63. The molecule has 2 aromatic rings. The SMILES string of the molecule is C[C@@H]1OCC=C[C@H]1P(=O)(c1ccccc1)c1ccccc1. The molecule has 0 radical (unpaired) electrons. The fraction of sp³-hybridized carbons (Fsp3) is 0.222. The topological polar surface area (TPSA) is 26.3 Å². The lowest BCUT2D eigenvalue weighted by atomic mass is 10.2. The van der Waals surface area contributed by atoms with E-state index in [1.807, 2.05) is 73.7 Å². The summed E-state index contributed by atoms with van der Waals surface area (Å²) in [7, 11) is -2.77. The van der Waals surface area contributed by atoms with Crippen molar-refractivity contribution in [3.63, 3.8) is 0 Å². The number of benzene rings is 2. The van der Waals surface area contributed by atoms with Crippen molar-refractivity contribution in [3.8, 4) is 0 Å². The molecule has 2 nitrogen and oxygen atoms in total. The lowest BCUT2D eigenvalue weighted by Gasteiger charge is -2.33. The van der Waals surface area contributed by atoms with E-state index in [-0.39, 0.29) is 11.8 Å². The van der Waals surface area contributed by atoms with E-state index in [1.165, 1.54) is 0 Å². The van der Waals surface area contributed by atoms with Crippen LogP contribution in [0.5, 0.6) is 0 Å². The maximum atomic E-state index is 14.1. The Kier molecular flexibility index (Phi) is 4.10. The monoisotopic (exact) mass is 298 g/mol. The molecular formula is C18H19O2P. The molecule has 0 N–H and O–H groups in total. The van der Waals surface area contributed by atoms with Crippen molar-refractivity contribution in [3.05, 3.63) is 72.8 Å². The fourth-order valence-electron chi connectivity index (χ4n) is 2.87. The zero-order chi connectivity index (χ0) is 14.7. The summed E-state index contributed by atoms with van der Waals surface area (Å²) < 4.78 is 19.8. The van der Waals surface area contributed by atoms with Crippen LogP contribution in [-0.4, -0.2) is 18.4 Å². The Morgan fingerprint density at radius 1 is 0.952 bits per heavy atom. The van der Waals surface area contributed by atoms with E-state index in [1.54, 1.807) is 0 Å². The van der Waals surface area contributed by atoms with Gasteiger partial charge in [-0.15, -0.1) is 0 Å². The first kappa shape index (κ1) is 14.3. The van der Waals surface area contributed by atoms with Crippen molar-refractivity contribution in [1.82, 2.24) is 0 Å². The van der Waals surface area contributed by atoms with Crippen LogP contribution < -0.4 is 10.6 Å². The molecule has 0 aliphatic carbocycles. The van der Waals surface area contributed by atoms with Crippen LogP contribution in [0.1, 0.15) is 6.92 Å². The number of hydrogen-bond donors (Lipinski definition) is 0. The van der Waals surface area contributed by atoms with E-state index < -0.39 is 7.14 Å². The first-order valence-electron chi connectivity index (χ1n) is 7.22. The third-order valence-corrected chi connectivity index (χ3v) is 7.53. The van der Waals surface area contributed by atoms with Crippen molar-refractivity contribution in [2.75, 3.05) is 6.61 Å². The minimum atomic E-state index is -2.77. The van der Waals surface area contributed by atoms with Crippen LogP contribution in [-0.2, 0) is 9.30 Å². The molecule has 2 atom stereocenters. The van der Waals surface area contributed by atoms with Gasteiger partial charge in [0.1, 0.15) is 0 Å². The van der Waals surface area contributed by atoms with Gasteiger partial charge < -0.3 is 9.30 Å². The Bertz CT molecular complexity index is 621. The maximum absolute atomic E-state index is 14.1. The normalized spacial score (nSPS) is 22.1. The Labute approximate surface area is 125 Å². The molecule has 0 fully saturated rings. The van der Waals surface area contributed by atoms with Gasteiger partial charge in [0, 0.05) is 10.6 Å². The number of ether oxygens (including phenoxy) is 1. The summed E-state index contributed by atoms with van der Waals surface area (Å²) in [4.78, 5) is 0. The molecule has 3 rings (SSSR count). The van der Waals surface area contributed by atoms with Crippen molar-refractivity contribution in [2.45, 2.75) is 18.7 Å². The predicted molar refractivity (Wildman–Crippen MR) is 88.1 cm³/mol. The van der Waals surface area contributed by atoms with Crippen molar-refractivity contribution in [1.29, 1.82) is 0 Å². The van der Waals surface area contributed by atoms with Gasteiger partial charge in [-0.3, -0.25) is 0 Å². The summed E-state index contributed by atoms with van der Waals surface area (Å²) >= 11 is 0. The Morgan fingerprint density at radius 2 is 1.48 bits per heavy atom. The highest BCUT2D eigenvalue weighted by atomic mass is 31.2. The summed E-state index contributed by atoms with van der Waals surface area (Å²) in [6.45, 7) is 2.61. The summed E-state index contributed by atoms with van der Waals surface area (Å²) in [6, 6.07) is 19.5. The average Bonchev–Trinajstić information content (AvgIpc) is 2.56. The minimum Gasteiger partial charge on any atom is -0.373 e. The third kappa shape index (κ3) is 2.62. The van der Waals surface area contributed by atoms with Crippen LogP contribution in [0.2, 0.25) is 0 Å². The van der Waals surface area contributed by atoms with E-state index in [2.05, 4.69) is 6.08 Å². The summed E-state index contributed by atoms with van der Waals surface area (Å²) in [5.41, 5.74) is -0.115. The molecule has 1 aliphatic rings. The first-order chi connectivity index (χ1) is 10.2. The van der Waals surface area contributed by atoms with Crippen LogP contribution in [0.15, 0.2) is 72.8 Å². The van der Waals surface area contributed by atoms with Crippen LogP contribution >= 0.6 is 7.14 Å². The van der Waals surface area contributed by atoms with Crippen LogP contribution in [0, 0.1) is 0 Å². The van der Waals surface area contributed by atoms with Gasteiger partial charge in [-0.2, -0.15) is 0 Å². The largest absolute Gasteiger partial charge is 0.373 e. The van der Waals surface area contributed by atoms with E-state index in [9.17, 15) is 4.57 Å². The lowest BCUT2D eigenvalue weighted by molar-refractivity contribution is 0.0841. The van der Waals surface area contributed by atoms with Gasteiger partial charge in [-0.1, -0.05) is 72.8 Å².